The van der Waals surface area contributed by atoms with Crippen molar-refractivity contribution < 1.29 is 9.90 Å². The van der Waals surface area contributed by atoms with Crippen LogP contribution in [0.25, 0.3) is 0 Å². The van der Waals surface area contributed by atoms with Crippen LogP contribution in [-0.4, -0.2) is 34.0 Å². The lowest BCUT2D eigenvalue weighted by Crippen LogP contribution is -2.51. The number of rotatable bonds is 11. The average Bonchev–Trinajstić information content (AvgIpc) is 2.80. The Balaban J connectivity index is 2.63. The van der Waals surface area contributed by atoms with E-state index in [1.807, 2.05) is 0 Å². The van der Waals surface area contributed by atoms with Gasteiger partial charge in [-0.25, -0.2) is 4.99 Å². The number of hydrogen-bond acceptors (Lipinski definition) is 2. The molecular formula is C17H32N2O2. The summed E-state index contributed by atoms with van der Waals surface area (Å²) >= 11 is 0. The highest BCUT2D eigenvalue weighted by Gasteiger charge is 2.40. The Morgan fingerprint density at radius 3 is 1.95 bits per heavy atom. The predicted octanol–water partition coefficient (Wildman–Crippen LogP) is 4.44. The van der Waals surface area contributed by atoms with Crippen molar-refractivity contribution in [2.45, 2.75) is 90.5 Å². The predicted molar refractivity (Wildman–Crippen MR) is 87.7 cm³/mol. The fourth-order valence-electron chi connectivity index (χ4n) is 3.15. The number of unbranched alkanes of at least 4 members (excludes halogenated alkanes) is 6. The van der Waals surface area contributed by atoms with Crippen molar-refractivity contribution in [1.29, 1.82) is 0 Å². The fourth-order valence-corrected chi connectivity index (χ4v) is 3.15. The van der Waals surface area contributed by atoms with Gasteiger partial charge in [0.2, 0.25) is 0 Å². The van der Waals surface area contributed by atoms with Crippen LogP contribution >= 0.6 is 0 Å². The molecule has 4 nitrogen and oxygen atoms in total. The van der Waals surface area contributed by atoms with Gasteiger partial charge in [0.25, 0.3) is 11.9 Å². The lowest BCUT2D eigenvalue weighted by Gasteiger charge is -2.38. The van der Waals surface area contributed by atoms with E-state index in [0.717, 1.165) is 25.7 Å². The molecule has 0 unspecified atom stereocenters. The molecule has 0 saturated carbocycles. The van der Waals surface area contributed by atoms with Gasteiger partial charge >= 0.3 is 0 Å². The van der Waals surface area contributed by atoms with Crippen LogP contribution < -0.4 is 0 Å². The SMILES string of the molecule is CCCCCCC(C)(CCCCCC)N1C(=O)CN=C1O. The maximum absolute atomic E-state index is 12.1. The van der Waals surface area contributed by atoms with E-state index >= 15 is 0 Å². The lowest BCUT2D eigenvalue weighted by atomic mass is 9.86. The molecule has 0 fully saturated rings. The van der Waals surface area contributed by atoms with Gasteiger partial charge < -0.3 is 5.11 Å². The maximum atomic E-state index is 12.1. The second-order valence-corrected chi connectivity index (χ2v) is 6.46. The molecular weight excluding hydrogens is 264 g/mol. The van der Waals surface area contributed by atoms with Crippen LogP contribution in [0.15, 0.2) is 4.99 Å². The number of nitrogens with zero attached hydrogens (tertiary/aromatic N) is 2. The van der Waals surface area contributed by atoms with Crippen molar-refractivity contribution in [3.05, 3.63) is 0 Å². The van der Waals surface area contributed by atoms with Gasteiger partial charge in [-0.1, -0.05) is 65.2 Å². The number of aliphatic imine (C=N–C) groups is 1. The van der Waals surface area contributed by atoms with Crippen molar-refractivity contribution in [3.8, 4) is 0 Å². The molecule has 1 aliphatic rings. The molecule has 0 atom stereocenters. The number of amidine groups is 1. The van der Waals surface area contributed by atoms with Crippen molar-refractivity contribution in [2.75, 3.05) is 6.54 Å². The van der Waals surface area contributed by atoms with Crippen LogP contribution in [-0.2, 0) is 4.79 Å². The summed E-state index contributed by atoms with van der Waals surface area (Å²) in [5.74, 6) is -0.0546. The largest absolute Gasteiger partial charge is 0.480 e. The summed E-state index contributed by atoms with van der Waals surface area (Å²) in [6, 6.07) is -0.0755. The second kappa shape index (κ2) is 9.06. The lowest BCUT2D eigenvalue weighted by molar-refractivity contribution is -0.129. The van der Waals surface area contributed by atoms with Crippen molar-refractivity contribution >= 4 is 11.9 Å². The molecule has 0 aromatic rings. The molecule has 0 saturated heterocycles. The Kier molecular flexibility index (Phi) is 7.76. The minimum absolute atomic E-state index is 0.0546. The van der Waals surface area contributed by atoms with Crippen molar-refractivity contribution in [3.63, 3.8) is 0 Å². The highest BCUT2D eigenvalue weighted by Crippen LogP contribution is 2.31. The van der Waals surface area contributed by atoms with Crippen LogP contribution in [0.5, 0.6) is 0 Å². The third-order valence-corrected chi connectivity index (χ3v) is 4.48. The second-order valence-electron chi connectivity index (χ2n) is 6.46. The van der Waals surface area contributed by atoms with Gasteiger partial charge in [-0.05, 0) is 19.8 Å². The van der Waals surface area contributed by atoms with Crippen LogP contribution in [0, 0.1) is 0 Å². The molecule has 4 heteroatoms. The standard InChI is InChI=1S/C17H32N2O2/c1-4-6-8-10-12-17(3,13-11-9-7-5-2)19-15(20)14-18-16(19)21/h4-14H2,1-3H3,(H,18,21). The zero-order valence-corrected chi connectivity index (χ0v) is 14.0. The molecule has 0 bridgehead atoms. The highest BCUT2D eigenvalue weighted by atomic mass is 16.3. The van der Waals surface area contributed by atoms with Gasteiger partial charge in [0.05, 0.1) is 0 Å². The Morgan fingerprint density at radius 2 is 1.57 bits per heavy atom. The number of carbonyl (C=O) groups is 1. The Morgan fingerprint density at radius 1 is 1.05 bits per heavy atom. The summed E-state index contributed by atoms with van der Waals surface area (Å²) < 4.78 is 0. The Bertz CT molecular complexity index is 341. The number of aliphatic hydroxyl groups is 1. The normalized spacial score (nSPS) is 15.7. The number of hydrogen-bond donors (Lipinski definition) is 1. The van der Waals surface area contributed by atoms with Crippen molar-refractivity contribution in [1.82, 2.24) is 4.90 Å². The van der Waals surface area contributed by atoms with Crippen LogP contribution in [0.3, 0.4) is 0 Å². The van der Waals surface area contributed by atoms with E-state index in [9.17, 15) is 9.90 Å². The summed E-state index contributed by atoms with van der Waals surface area (Å²) in [6.07, 6.45) is 11.4. The summed E-state index contributed by atoms with van der Waals surface area (Å²) in [6.45, 7) is 6.62. The van der Waals surface area contributed by atoms with Crippen molar-refractivity contribution in [2.24, 2.45) is 4.99 Å². The molecule has 1 aliphatic heterocycles. The fraction of sp³-hybridized carbons (Fsp3) is 0.882. The molecule has 1 N–H and O–H groups in total. The van der Waals surface area contributed by atoms with Gasteiger partial charge in [-0.2, -0.15) is 0 Å². The monoisotopic (exact) mass is 296 g/mol. The highest BCUT2D eigenvalue weighted by molar-refractivity contribution is 6.00. The summed E-state index contributed by atoms with van der Waals surface area (Å²) in [5, 5.41) is 9.96. The Labute approximate surface area is 129 Å². The Hall–Kier alpha value is -1.06. The van der Waals surface area contributed by atoms with Gasteiger partial charge in [0.15, 0.2) is 0 Å². The average molecular weight is 296 g/mol. The third kappa shape index (κ3) is 5.33. The molecule has 1 heterocycles. The first-order valence-corrected chi connectivity index (χ1v) is 8.61. The number of amides is 1. The summed E-state index contributed by atoms with van der Waals surface area (Å²) in [7, 11) is 0. The molecule has 21 heavy (non-hydrogen) atoms. The minimum Gasteiger partial charge on any atom is -0.480 e. The third-order valence-electron chi connectivity index (χ3n) is 4.48. The van der Waals surface area contributed by atoms with E-state index < -0.39 is 0 Å². The molecule has 122 valence electrons. The first-order chi connectivity index (χ1) is 10.0. The number of carbonyl (C=O) groups excluding carboxylic acids is 1. The first kappa shape index (κ1) is 18.0. The van der Waals surface area contributed by atoms with E-state index in [1.165, 1.54) is 38.5 Å². The minimum atomic E-state index is -0.275. The zero-order chi connectivity index (χ0) is 15.7. The molecule has 1 amide bonds. The molecule has 0 aliphatic carbocycles. The van der Waals surface area contributed by atoms with Crippen LogP contribution in [0.4, 0.5) is 0 Å². The van der Waals surface area contributed by atoms with E-state index in [4.69, 9.17) is 0 Å². The molecule has 0 spiro atoms. The zero-order valence-electron chi connectivity index (χ0n) is 14.0. The molecule has 0 aromatic heterocycles. The van der Waals surface area contributed by atoms with E-state index in [1.54, 1.807) is 4.90 Å². The number of aliphatic hydroxyl groups excluding tert-OH is 1. The van der Waals surface area contributed by atoms with Crippen LogP contribution in [0.1, 0.15) is 85.0 Å². The van der Waals surface area contributed by atoms with E-state index in [0.29, 0.717) is 0 Å². The first-order valence-electron chi connectivity index (χ1n) is 8.61. The quantitative estimate of drug-likeness (QED) is 0.573. The van der Waals surface area contributed by atoms with Gasteiger partial charge in [0, 0.05) is 5.54 Å². The van der Waals surface area contributed by atoms with Crippen LogP contribution in [0.2, 0.25) is 0 Å². The van der Waals surface area contributed by atoms with Gasteiger partial charge in [-0.15, -0.1) is 0 Å². The topological polar surface area (TPSA) is 52.9 Å². The van der Waals surface area contributed by atoms with Gasteiger partial charge in [0.1, 0.15) is 6.54 Å². The summed E-state index contributed by atoms with van der Waals surface area (Å²) in [5.41, 5.74) is -0.275. The molecule has 0 radical (unpaired) electrons. The van der Waals surface area contributed by atoms with E-state index in [2.05, 4.69) is 25.8 Å². The summed E-state index contributed by atoms with van der Waals surface area (Å²) in [4.78, 5) is 17.5. The smallest absolute Gasteiger partial charge is 0.292 e. The molecule has 0 aromatic carbocycles. The van der Waals surface area contributed by atoms with Gasteiger partial charge in [-0.3, -0.25) is 9.69 Å². The van der Waals surface area contributed by atoms with E-state index in [-0.39, 0.29) is 24.0 Å². The molecule has 1 rings (SSSR count). The maximum Gasteiger partial charge on any atom is 0.292 e.